The molecule has 52 valence electrons. The summed E-state index contributed by atoms with van der Waals surface area (Å²) in [5.41, 5.74) is 0.872. The monoisotopic (exact) mass is 152 g/mol. The Morgan fingerprint density at radius 3 is 3.10 bits per heavy atom. The van der Waals surface area contributed by atoms with Gasteiger partial charge in [0.15, 0.2) is 5.84 Å². The standard InChI is InChI=1S/C7H8N2S/c1-6-4-3-5-8-7(6)9-10-2/h3-5H,1H2,2H3/b9-7+. The van der Waals surface area contributed by atoms with E-state index in [0.29, 0.717) is 0 Å². The number of hydrogen-bond donors (Lipinski definition) is 0. The topological polar surface area (TPSA) is 24.7 Å². The summed E-state index contributed by atoms with van der Waals surface area (Å²) in [5, 5.41) is 0. The van der Waals surface area contributed by atoms with Crippen LogP contribution >= 0.6 is 11.9 Å². The highest BCUT2D eigenvalue weighted by molar-refractivity contribution is 7.97. The normalized spacial score (nSPS) is 20.5. The second-order valence-electron chi connectivity index (χ2n) is 1.76. The molecular weight excluding hydrogens is 144 g/mol. The average Bonchev–Trinajstić information content (AvgIpc) is 1.94. The highest BCUT2D eigenvalue weighted by atomic mass is 32.2. The minimum absolute atomic E-state index is 0.718. The summed E-state index contributed by atoms with van der Waals surface area (Å²) in [6, 6.07) is 0. The third-order valence-electron chi connectivity index (χ3n) is 1.05. The van der Waals surface area contributed by atoms with Crippen LogP contribution < -0.4 is 0 Å². The Kier molecular flexibility index (Phi) is 2.45. The molecule has 10 heavy (non-hydrogen) atoms. The Hall–Kier alpha value is -0.830. The van der Waals surface area contributed by atoms with Crippen molar-refractivity contribution in [3.8, 4) is 0 Å². The van der Waals surface area contributed by atoms with Gasteiger partial charge in [0.05, 0.1) is 0 Å². The molecule has 0 N–H and O–H groups in total. The fraction of sp³-hybridized carbons (Fsp3) is 0.143. The molecule has 1 aliphatic heterocycles. The number of nitrogens with zero attached hydrogens (tertiary/aromatic N) is 2. The van der Waals surface area contributed by atoms with Crippen molar-refractivity contribution in [2.75, 3.05) is 6.26 Å². The summed E-state index contributed by atoms with van der Waals surface area (Å²) < 4.78 is 4.05. The predicted molar refractivity (Wildman–Crippen MR) is 47.7 cm³/mol. The third kappa shape index (κ3) is 1.57. The lowest BCUT2D eigenvalue weighted by Gasteiger charge is -2.00. The number of amidine groups is 1. The molecule has 1 aliphatic rings. The molecule has 0 aromatic carbocycles. The third-order valence-corrected chi connectivity index (χ3v) is 1.40. The fourth-order valence-corrected chi connectivity index (χ4v) is 0.936. The number of aliphatic imine (C=N–C) groups is 1. The molecule has 0 aliphatic carbocycles. The summed E-state index contributed by atoms with van der Waals surface area (Å²) in [4.78, 5) is 4.02. The van der Waals surface area contributed by atoms with Crippen molar-refractivity contribution in [2.24, 2.45) is 9.39 Å². The van der Waals surface area contributed by atoms with E-state index in [1.165, 1.54) is 11.9 Å². The van der Waals surface area contributed by atoms with Crippen molar-refractivity contribution in [1.82, 2.24) is 0 Å². The van der Waals surface area contributed by atoms with Gasteiger partial charge in [0.1, 0.15) is 0 Å². The first-order valence-corrected chi connectivity index (χ1v) is 4.04. The highest BCUT2D eigenvalue weighted by Crippen LogP contribution is 2.07. The zero-order valence-corrected chi connectivity index (χ0v) is 6.56. The smallest absolute Gasteiger partial charge is 0.166 e. The lowest BCUT2D eigenvalue weighted by molar-refractivity contribution is 1.59. The van der Waals surface area contributed by atoms with Gasteiger partial charge in [0, 0.05) is 18.0 Å². The molecule has 0 amide bonds. The van der Waals surface area contributed by atoms with Gasteiger partial charge < -0.3 is 0 Å². The molecule has 3 heteroatoms. The van der Waals surface area contributed by atoms with Gasteiger partial charge in [-0.25, -0.2) is 4.99 Å². The molecule has 0 unspecified atom stereocenters. The van der Waals surface area contributed by atoms with Crippen molar-refractivity contribution in [3.05, 3.63) is 24.3 Å². The zero-order chi connectivity index (χ0) is 7.40. The Labute approximate surface area is 64.6 Å². The second-order valence-corrected chi connectivity index (χ2v) is 2.31. The van der Waals surface area contributed by atoms with Gasteiger partial charge in [-0.3, -0.25) is 0 Å². The molecule has 0 bridgehead atoms. The number of hydrogen-bond acceptors (Lipinski definition) is 2. The molecule has 0 aromatic rings. The maximum atomic E-state index is 4.05. The van der Waals surface area contributed by atoms with Crippen LogP contribution in [0.2, 0.25) is 0 Å². The maximum absolute atomic E-state index is 4.05. The molecule has 1 heterocycles. The lowest BCUT2D eigenvalue weighted by Crippen LogP contribution is -1.98. The number of dihydropyridines is 1. The Morgan fingerprint density at radius 2 is 2.50 bits per heavy atom. The van der Waals surface area contributed by atoms with Gasteiger partial charge in [-0.2, -0.15) is 4.40 Å². The summed E-state index contributed by atoms with van der Waals surface area (Å²) >= 11 is 1.39. The molecule has 0 spiro atoms. The van der Waals surface area contributed by atoms with E-state index in [2.05, 4.69) is 16.0 Å². The van der Waals surface area contributed by atoms with E-state index in [4.69, 9.17) is 0 Å². The molecule has 0 radical (unpaired) electrons. The van der Waals surface area contributed by atoms with Crippen LogP contribution in [0, 0.1) is 0 Å². The Balaban J connectivity index is 2.80. The predicted octanol–water partition coefficient (Wildman–Crippen LogP) is 1.86. The van der Waals surface area contributed by atoms with Crippen LogP contribution in [-0.4, -0.2) is 18.3 Å². The summed E-state index contributed by atoms with van der Waals surface area (Å²) in [5.74, 6) is 0.718. The van der Waals surface area contributed by atoms with Gasteiger partial charge in [-0.15, -0.1) is 0 Å². The molecule has 0 atom stereocenters. The van der Waals surface area contributed by atoms with Crippen LogP contribution in [0.25, 0.3) is 0 Å². The number of rotatable bonds is 1. The van der Waals surface area contributed by atoms with Gasteiger partial charge in [0.2, 0.25) is 0 Å². The van der Waals surface area contributed by atoms with E-state index in [-0.39, 0.29) is 0 Å². The quantitative estimate of drug-likeness (QED) is 0.526. The minimum Gasteiger partial charge on any atom is -0.236 e. The van der Waals surface area contributed by atoms with E-state index >= 15 is 0 Å². The van der Waals surface area contributed by atoms with Crippen molar-refractivity contribution in [2.45, 2.75) is 0 Å². The molecule has 2 nitrogen and oxygen atoms in total. The van der Waals surface area contributed by atoms with Crippen LogP contribution in [-0.2, 0) is 0 Å². The Bertz CT molecular complexity index is 226. The summed E-state index contributed by atoms with van der Waals surface area (Å²) in [7, 11) is 0. The van der Waals surface area contributed by atoms with E-state index < -0.39 is 0 Å². The summed E-state index contributed by atoms with van der Waals surface area (Å²) in [6.07, 6.45) is 7.35. The average molecular weight is 152 g/mol. The van der Waals surface area contributed by atoms with Gasteiger partial charge >= 0.3 is 0 Å². The van der Waals surface area contributed by atoms with Gasteiger partial charge in [-0.05, 0) is 18.0 Å². The molecular formula is C7H8N2S. The first kappa shape index (κ1) is 7.28. The highest BCUT2D eigenvalue weighted by Gasteiger charge is 2.00. The van der Waals surface area contributed by atoms with E-state index in [0.717, 1.165) is 11.4 Å². The van der Waals surface area contributed by atoms with Crippen molar-refractivity contribution in [1.29, 1.82) is 0 Å². The van der Waals surface area contributed by atoms with Crippen LogP contribution in [0.3, 0.4) is 0 Å². The molecule has 1 rings (SSSR count). The fourth-order valence-electron chi connectivity index (χ4n) is 0.599. The van der Waals surface area contributed by atoms with Crippen molar-refractivity contribution >= 4 is 24.0 Å². The largest absolute Gasteiger partial charge is 0.236 e. The van der Waals surface area contributed by atoms with Gasteiger partial charge in [-0.1, -0.05) is 12.7 Å². The summed E-state index contributed by atoms with van der Waals surface area (Å²) in [6.45, 7) is 3.77. The van der Waals surface area contributed by atoms with E-state index in [1.807, 2.05) is 18.4 Å². The first-order valence-electron chi connectivity index (χ1n) is 2.86. The van der Waals surface area contributed by atoms with Crippen molar-refractivity contribution < 1.29 is 0 Å². The second kappa shape index (κ2) is 3.37. The molecule has 0 fully saturated rings. The molecule has 0 saturated carbocycles. The minimum atomic E-state index is 0.718. The van der Waals surface area contributed by atoms with Crippen LogP contribution in [0.4, 0.5) is 0 Å². The van der Waals surface area contributed by atoms with E-state index in [9.17, 15) is 0 Å². The Morgan fingerprint density at radius 1 is 1.70 bits per heavy atom. The van der Waals surface area contributed by atoms with Gasteiger partial charge in [0.25, 0.3) is 0 Å². The van der Waals surface area contributed by atoms with Crippen LogP contribution in [0.1, 0.15) is 0 Å². The van der Waals surface area contributed by atoms with Crippen molar-refractivity contribution in [3.63, 3.8) is 0 Å². The van der Waals surface area contributed by atoms with Crippen LogP contribution in [0.15, 0.2) is 33.7 Å². The zero-order valence-electron chi connectivity index (χ0n) is 5.74. The first-order chi connectivity index (χ1) is 4.84. The lowest BCUT2D eigenvalue weighted by atomic mass is 10.2. The maximum Gasteiger partial charge on any atom is 0.166 e. The SMILES string of the molecule is C=C1C=CC=N/C1=N/SC. The molecule has 0 saturated heterocycles. The van der Waals surface area contributed by atoms with E-state index in [1.54, 1.807) is 6.21 Å². The number of allylic oxidation sites excluding steroid dienone is 1. The molecule has 0 aromatic heterocycles. The van der Waals surface area contributed by atoms with Crippen LogP contribution in [0.5, 0.6) is 0 Å².